The third-order valence-corrected chi connectivity index (χ3v) is 4.73. The van der Waals surface area contributed by atoms with Gasteiger partial charge in [0.25, 0.3) is 5.91 Å². The van der Waals surface area contributed by atoms with E-state index < -0.39 is 0 Å². The van der Waals surface area contributed by atoms with Gasteiger partial charge in [-0.2, -0.15) is 4.98 Å². The van der Waals surface area contributed by atoms with Gasteiger partial charge in [0.05, 0.1) is 23.4 Å². The van der Waals surface area contributed by atoms with Gasteiger partial charge in [-0.1, -0.05) is 5.16 Å². The molecule has 3 aromatic rings. The van der Waals surface area contributed by atoms with Crippen molar-refractivity contribution in [3.63, 3.8) is 0 Å². The normalized spacial score (nSPS) is 17.8. The standard InChI is InChI=1S/C18H21N5O2/c1-11(2)23-10-19-14-9-13(6-7-15(14)23)18(24)22-8-4-5-16(22)17-20-12(3)25-21-17/h6-7,9-11,16H,4-5,8H2,1-3H3. The van der Waals surface area contributed by atoms with E-state index in [4.69, 9.17) is 4.52 Å². The van der Waals surface area contributed by atoms with Crippen LogP contribution in [0.25, 0.3) is 11.0 Å². The number of rotatable bonds is 3. The maximum Gasteiger partial charge on any atom is 0.254 e. The Bertz CT molecular complexity index is 927. The van der Waals surface area contributed by atoms with Crippen molar-refractivity contribution in [3.8, 4) is 0 Å². The summed E-state index contributed by atoms with van der Waals surface area (Å²) < 4.78 is 7.18. The molecule has 7 heteroatoms. The summed E-state index contributed by atoms with van der Waals surface area (Å²) in [5.41, 5.74) is 2.53. The molecule has 4 rings (SSSR count). The Morgan fingerprint density at radius 1 is 1.36 bits per heavy atom. The van der Waals surface area contributed by atoms with Gasteiger partial charge in [-0.15, -0.1) is 0 Å². The second kappa shape index (κ2) is 5.98. The molecule has 1 saturated heterocycles. The SMILES string of the molecule is Cc1nc(C2CCCN2C(=O)c2ccc3c(c2)ncn3C(C)C)no1. The average Bonchev–Trinajstić information content (AvgIpc) is 3.31. The minimum atomic E-state index is -0.117. The minimum Gasteiger partial charge on any atom is -0.340 e. The molecule has 0 radical (unpaired) electrons. The Balaban J connectivity index is 1.64. The van der Waals surface area contributed by atoms with E-state index in [1.165, 1.54) is 0 Å². The zero-order chi connectivity index (χ0) is 17.6. The monoisotopic (exact) mass is 339 g/mol. The molecule has 25 heavy (non-hydrogen) atoms. The number of carbonyl (C=O) groups excluding carboxylic acids is 1. The zero-order valence-corrected chi connectivity index (χ0v) is 14.6. The van der Waals surface area contributed by atoms with Crippen LogP contribution in [-0.4, -0.2) is 37.0 Å². The molecular weight excluding hydrogens is 318 g/mol. The van der Waals surface area contributed by atoms with Gasteiger partial charge in [-0.3, -0.25) is 4.79 Å². The largest absolute Gasteiger partial charge is 0.340 e. The lowest BCUT2D eigenvalue weighted by Crippen LogP contribution is -2.31. The number of amides is 1. The Labute approximate surface area is 145 Å². The number of benzene rings is 1. The van der Waals surface area contributed by atoms with Crippen molar-refractivity contribution in [2.75, 3.05) is 6.54 Å². The molecule has 7 nitrogen and oxygen atoms in total. The van der Waals surface area contributed by atoms with Crippen LogP contribution in [-0.2, 0) is 0 Å². The third kappa shape index (κ3) is 2.69. The van der Waals surface area contributed by atoms with Crippen LogP contribution in [0.1, 0.15) is 60.8 Å². The first-order chi connectivity index (χ1) is 12.0. The van der Waals surface area contributed by atoms with E-state index in [1.807, 2.05) is 29.4 Å². The lowest BCUT2D eigenvalue weighted by Gasteiger charge is -2.22. The Morgan fingerprint density at radius 3 is 2.92 bits per heavy atom. The lowest BCUT2D eigenvalue weighted by molar-refractivity contribution is 0.0728. The summed E-state index contributed by atoms with van der Waals surface area (Å²) in [6.07, 6.45) is 3.62. The first-order valence-corrected chi connectivity index (χ1v) is 8.62. The predicted molar refractivity (Wildman–Crippen MR) is 92.2 cm³/mol. The number of carbonyl (C=O) groups is 1. The summed E-state index contributed by atoms with van der Waals surface area (Å²) in [5, 5.41) is 4.00. The van der Waals surface area contributed by atoms with Crippen LogP contribution >= 0.6 is 0 Å². The van der Waals surface area contributed by atoms with Gasteiger partial charge in [0.15, 0.2) is 5.82 Å². The maximum absolute atomic E-state index is 13.0. The Hall–Kier alpha value is -2.70. The van der Waals surface area contributed by atoms with Crippen molar-refractivity contribution in [1.29, 1.82) is 0 Å². The summed E-state index contributed by atoms with van der Waals surface area (Å²) in [7, 11) is 0. The molecule has 2 aromatic heterocycles. The molecule has 0 spiro atoms. The molecule has 1 unspecified atom stereocenters. The van der Waals surface area contributed by atoms with Crippen LogP contribution in [0.3, 0.4) is 0 Å². The summed E-state index contributed by atoms with van der Waals surface area (Å²) in [4.78, 5) is 23.6. The van der Waals surface area contributed by atoms with Crippen LogP contribution in [0.15, 0.2) is 29.0 Å². The van der Waals surface area contributed by atoms with Crippen molar-refractivity contribution in [3.05, 3.63) is 41.8 Å². The summed E-state index contributed by atoms with van der Waals surface area (Å²) in [5.74, 6) is 1.11. The number of aromatic nitrogens is 4. The fourth-order valence-corrected chi connectivity index (χ4v) is 3.47. The molecule has 3 heterocycles. The molecule has 1 aliphatic heterocycles. The van der Waals surface area contributed by atoms with Crippen molar-refractivity contribution in [2.45, 2.75) is 45.7 Å². The van der Waals surface area contributed by atoms with Gasteiger partial charge in [0.1, 0.15) is 0 Å². The number of hydrogen-bond acceptors (Lipinski definition) is 5. The first-order valence-electron chi connectivity index (χ1n) is 8.62. The van der Waals surface area contributed by atoms with Crippen LogP contribution in [0.5, 0.6) is 0 Å². The van der Waals surface area contributed by atoms with Crippen molar-refractivity contribution in [2.24, 2.45) is 0 Å². The van der Waals surface area contributed by atoms with E-state index in [0.29, 0.717) is 29.9 Å². The molecule has 1 amide bonds. The van der Waals surface area contributed by atoms with Gasteiger partial charge in [0.2, 0.25) is 5.89 Å². The van der Waals surface area contributed by atoms with Crippen LogP contribution in [0.4, 0.5) is 0 Å². The zero-order valence-electron chi connectivity index (χ0n) is 14.6. The van der Waals surface area contributed by atoms with E-state index in [1.54, 1.807) is 6.92 Å². The van der Waals surface area contributed by atoms with Gasteiger partial charge in [0, 0.05) is 25.1 Å². The molecule has 0 saturated carbocycles. The molecule has 1 fully saturated rings. The van der Waals surface area contributed by atoms with E-state index in [9.17, 15) is 4.79 Å². The van der Waals surface area contributed by atoms with Crippen LogP contribution in [0.2, 0.25) is 0 Å². The number of fused-ring (bicyclic) bond motifs is 1. The molecule has 1 aromatic carbocycles. The second-order valence-electron chi connectivity index (χ2n) is 6.78. The van der Waals surface area contributed by atoms with E-state index in [2.05, 4.69) is 33.5 Å². The molecule has 0 bridgehead atoms. The molecule has 0 N–H and O–H groups in total. The lowest BCUT2D eigenvalue weighted by atomic mass is 10.1. The van der Waals surface area contributed by atoms with Crippen molar-refractivity contribution >= 4 is 16.9 Å². The fourth-order valence-electron chi connectivity index (χ4n) is 3.47. The van der Waals surface area contributed by atoms with Crippen molar-refractivity contribution in [1.82, 2.24) is 24.6 Å². The highest BCUT2D eigenvalue weighted by atomic mass is 16.5. The summed E-state index contributed by atoms with van der Waals surface area (Å²) >= 11 is 0. The number of imidazole rings is 1. The first kappa shape index (κ1) is 15.8. The predicted octanol–water partition coefficient (Wildman–Crippen LogP) is 3.29. The smallest absolute Gasteiger partial charge is 0.254 e. The highest BCUT2D eigenvalue weighted by molar-refractivity contribution is 5.97. The number of aryl methyl sites for hydroxylation is 1. The summed E-state index contributed by atoms with van der Waals surface area (Å²) in [6, 6.07) is 5.93. The topological polar surface area (TPSA) is 77.1 Å². The maximum atomic E-state index is 13.0. The van der Waals surface area contributed by atoms with Gasteiger partial charge in [-0.05, 0) is 44.9 Å². The highest BCUT2D eigenvalue weighted by Crippen LogP contribution is 2.32. The number of nitrogens with zero attached hydrogens (tertiary/aromatic N) is 5. The molecule has 0 aliphatic carbocycles. The summed E-state index contributed by atoms with van der Waals surface area (Å²) in [6.45, 7) is 6.69. The Morgan fingerprint density at radius 2 is 2.20 bits per heavy atom. The highest BCUT2D eigenvalue weighted by Gasteiger charge is 2.33. The van der Waals surface area contributed by atoms with Gasteiger partial charge >= 0.3 is 0 Å². The van der Waals surface area contributed by atoms with E-state index in [-0.39, 0.29) is 11.9 Å². The van der Waals surface area contributed by atoms with Crippen LogP contribution < -0.4 is 0 Å². The minimum absolute atomic E-state index is 0.00838. The molecule has 1 aliphatic rings. The van der Waals surface area contributed by atoms with Gasteiger partial charge in [-0.25, -0.2) is 4.98 Å². The molecule has 130 valence electrons. The second-order valence-corrected chi connectivity index (χ2v) is 6.78. The molecule has 1 atom stereocenters. The van der Waals surface area contributed by atoms with E-state index in [0.717, 1.165) is 23.9 Å². The molecular formula is C18H21N5O2. The van der Waals surface area contributed by atoms with E-state index >= 15 is 0 Å². The number of likely N-dealkylation sites (tertiary alicyclic amines) is 1. The Kier molecular flexibility index (Phi) is 3.78. The van der Waals surface area contributed by atoms with Gasteiger partial charge < -0.3 is 14.0 Å². The average molecular weight is 339 g/mol. The number of hydrogen-bond donors (Lipinski definition) is 0. The third-order valence-electron chi connectivity index (χ3n) is 4.73. The van der Waals surface area contributed by atoms with Crippen LogP contribution in [0, 0.1) is 6.92 Å². The quantitative estimate of drug-likeness (QED) is 0.732. The fraction of sp³-hybridized carbons (Fsp3) is 0.444. The van der Waals surface area contributed by atoms with Crippen molar-refractivity contribution < 1.29 is 9.32 Å².